The van der Waals surface area contributed by atoms with Gasteiger partial charge < -0.3 is 11.1 Å². The first kappa shape index (κ1) is 13.0. The zero-order valence-electron chi connectivity index (χ0n) is 9.53. The van der Waals surface area contributed by atoms with Crippen LogP contribution in [0, 0.1) is 0 Å². The van der Waals surface area contributed by atoms with E-state index in [4.69, 9.17) is 17.3 Å². The molecule has 0 aromatic heterocycles. The summed E-state index contributed by atoms with van der Waals surface area (Å²) in [6.45, 7) is 3.67. The van der Waals surface area contributed by atoms with Gasteiger partial charge in [-0.25, -0.2) is 0 Å². The van der Waals surface area contributed by atoms with Crippen LogP contribution in [0.1, 0.15) is 31.9 Å². The van der Waals surface area contributed by atoms with E-state index < -0.39 is 6.04 Å². The van der Waals surface area contributed by atoms with Crippen molar-refractivity contribution in [3.05, 3.63) is 34.9 Å². The molecule has 0 spiro atoms. The molecule has 0 radical (unpaired) electrons. The first-order valence-electron chi connectivity index (χ1n) is 5.36. The summed E-state index contributed by atoms with van der Waals surface area (Å²) < 4.78 is 0. The third-order valence-corrected chi connectivity index (χ3v) is 2.62. The van der Waals surface area contributed by atoms with Gasteiger partial charge in [-0.05, 0) is 31.0 Å². The fraction of sp³-hybridized carbons (Fsp3) is 0.417. The van der Waals surface area contributed by atoms with E-state index in [2.05, 4.69) is 5.32 Å². The molecule has 3 nitrogen and oxygen atoms in total. The van der Waals surface area contributed by atoms with Crippen molar-refractivity contribution in [3.8, 4) is 0 Å². The Morgan fingerprint density at radius 1 is 1.56 bits per heavy atom. The number of amides is 1. The molecule has 4 heteroatoms. The number of nitrogens with two attached hydrogens (primary N) is 1. The lowest BCUT2D eigenvalue weighted by molar-refractivity contribution is -0.122. The highest BCUT2D eigenvalue weighted by atomic mass is 35.5. The summed E-state index contributed by atoms with van der Waals surface area (Å²) in [7, 11) is 0. The molecule has 88 valence electrons. The molecule has 1 amide bonds. The van der Waals surface area contributed by atoms with Crippen molar-refractivity contribution in [1.29, 1.82) is 0 Å². The molecule has 0 fully saturated rings. The number of hydrogen-bond acceptors (Lipinski definition) is 2. The van der Waals surface area contributed by atoms with Crippen LogP contribution in [-0.2, 0) is 4.79 Å². The smallest absolute Gasteiger partial charge is 0.237 e. The normalized spacial score (nSPS) is 14.2. The van der Waals surface area contributed by atoms with Gasteiger partial charge in [-0.15, -0.1) is 0 Å². The van der Waals surface area contributed by atoms with Crippen molar-refractivity contribution in [3.63, 3.8) is 0 Å². The molecule has 1 aromatic rings. The predicted octanol–water partition coefficient (Wildman–Crippen LogP) is 2.25. The van der Waals surface area contributed by atoms with Crippen molar-refractivity contribution >= 4 is 17.5 Å². The second-order valence-corrected chi connectivity index (χ2v) is 4.25. The van der Waals surface area contributed by atoms with Crippen LogP contribution in [0.25, 0.3) is 0 Å². The van der Waals surface area contributed by atoms with Gasteiger partial charge >= 0.3 is 0 Å². The first-order valence-corrected chi connectivity index (χ1v) is 5.73. The Morgan fingerprint density at radius 3 is 2.75 bits per heavy atom. The maximum atomic E-state index is 11.5. The molecule has 0 bridgehead atoms. The molecule has 2 unspecified atom stereocenters. The predicted molar refractivity (Wildman–Crippen MR) is 66.3 cm³/mol. The molecule has 0 saturated heterocycles. The van der Waals surface area contributed by atoms with Crippen molar-refractivity contribution in [1.82, 2.24) is 5.32 Å². The second kappa shape index (κ2) is 5.87. The van der Waals surface area contributed by atoms with Crippen LogP contribution in [0.2, 0.25) is 5.02 Å². The van der Waals surface area contributed by atoms with E-state index in [-0.39, 0.29) is 11.9 Å². The van der Waals surface area contributed by atoms with Gasteiger partial charge in [-0.3, -0.25) is 4.79 Å². The van der Waals surface area contributed by atoms with E-state index in [0.717, 1.165) is 12.0 Å². The number of rotatable bonds is 4. The zero-order valence-corrected chi connectivity index (χ0v) is 10.3. The molecule has 0 aliphatic rings. The van der Waals surface area contributed by atoms with Gasteiger partial charge in [0.05, 0.1) is 12.1 Å². The Labute approximate surface area is 101 Å². The molecule has 16 heavy (non-hydrogen) atoms. The van der Waals surface area contributed by atoms with Gasteiger partial charge in [0.1, 0.15) is 0 Å². The fourth-order valence-electron chi connectivity index (χ4n) is 1.45. The SMILES string of the molecule is CCC(NC(=O)C(C)N)c1cccc(Cl)c1. The summed E-state index contributed by atoms with van der Waals surface area (Å²) in [5.74, 6) is -0.146. The lowest BCUT2D eigenvalue weighted by atomic mass is 10.0. The van der Waals surface area contributed by atoms with Crippen LogP contribution in [0.15, 0.2) is 24.3 Å². The second-order valence-electron chi connectivity index (χ2n) is 3.81. The van der Waals surface area contributed by atoms with Gasteiger partial charge in [-0.2, -0.15) is 0 Å². The molecular weight excluding hydrogens is 224 g/mol. The summed E-state index contributed by atoms with van der Waals surface area (Å²) in [6.07, 6.45) is 0.804. The van der Waals surface area contributed by atoms with E-state index in [0.29, 0.717) is 5.02 Å². The average molecular weight is 241 g/mol. The van der Waals surface area contributed by atoms with E-state index in [1.165, 1.54) is 0 Å². The Bertz CT molecular complexity index is 366. The summed E-state index contributed by atoms with van der Waals surface area (Å²) in [5, 5.41) is 3.56. The molecule has 0 aliphatic heterocycles. The summed E-state index contributed by atoms with van der Waals surface area (Å²) in [5.41, 5.74) is 6.51. The van der Waals surface area contributed by atoms with Gasteiger partial charge in [0.2, 0.25) is 5.91 Å². The molecule has 2 atom stereocenters. The Kier molecular flexibility index (Phi) is 4.77. The minimum absolute atomic E-state index is 0.0304. The molecule has 0 heterocycles. The highest BCUT2D eigenvalue weighted by Crippen LogP contribution is 2.20. The van der Waals surface area contributed by atoms with Crippen molar-refractivity contribution in [2.75, 3.05) is 0 Å². The van der Waals surface area contributed by atoms with Crippen LogP contribution in [0.4, 0.5) is 0 Å². The topological polar surface area (TPSA) is 55.1 Å². The molecule has 1 rings (SSSR count). The third kappa shape index (κ3) is 3.51. The molecule has 0 aliphatic carbocycles. The van der Waals surface area contributed by atoms with E-state index in [1.807, 2.05) is 31.2 Å². The van der Waals surface area contributed by atoms with E-state index in [1.54, 1.807) is 6.92 Å². The van der Waals surface area contributed by atoms with Gasteiger partial charge in [0.25, 0.3) is 0 Å². The van der Waals surface area contributed by atoms with Crippen LogP contribution in [-0.4, -0.2) is 11.9 Å². The minimum Gasteiger partial charge on any atom is -0.348 e. The fourth-order valence-corrected chi connectivity index (χ4v) is 1.65. The number of carbonyl (C=O) groups is 1. The van der Waals surface area contributed by atoms with Crippen molar-refractivity contribution < 1.29 is 4.79 Å². The van der Waals surface area contributed by atoms with Crippen molar-refractivity contribution in [2.24, 2.45) is 5.73 Å². The van der Waals surface area contributed by atoms with E-state index in [9.17, 15) is 4.79 Å². The van der Waals surface area contributed by atoms with Gasteiger partial charge in [0.15, 0.2) is 0 Å². The Balaban J connectivity index is 2.78. The summed E-state index contributed by atoms with van der Waals surface area (Å²) in [4.78, 5) is 11.5. The first-order chi connectivity index (χ1) is 7.54. The van der Waals surface area contributed by atoms with Crippen molar-refractivity contribution in [2.45, 2.75) is 32.4 Å². The van der Waals surface area contributed by atoms with Gasteiger partial charge in [-0.1, -0.05) is 30.7 Å². The highest BCUT2D eigenvalue weighted by Gasteiger charge is 2.15. The lowest BCUT2D eigenvalue weighted by Gasteiger charge is -2.19. The number of carbonyl (C=O) groups excluding carboxylic acids is 1. The number of nitrogens with one attached hydrogen (secondary N) is 1. The number of halogens is 1. The Hall–Kier alpha value is -1.06. The largest absolute Gasteiger partial charge is 0.348 e. The minimum atomic E-state index is -0.492. The Morgan fingerprint density at radius 2 is 2.25 bits per heavy atom. The quantitative estimate of drug-likeness (QED) is 0.848. The number of hydrogen-bond donors (Lipinski definition) is 2. The number of benzene rings is 1. The molecule has 3 N–H and O–H groups in total. The summed E-state index contributed by atoms with van der Waals surface area (Å²) >= 11 is 5.91. The average Bonchev–Trinajstić information content (AvgIpc) is 2.25. The van der Waals surface area contributed by atoms with Crippen LogP contribution in [0.3, 0.4) is 0 Å². The summed E-state index contributed by atoms with van der Waals surface area (Å²) in [6, 6.07) is 6.97. The zero-order chi connectivity index (χ0) is 12.1. The highest BCUT2D eigenvalue weighted by molar-refractivity contribution is 6.30. The molecule has 1 aromatic carbocycles. The van der Waals surface area contributed by atoms with Gasteiger partial charge in [0, 0.05) is 5.02 Å². The molecule has 0 saturated carbocycles. The molecular formula is C12H17ClN2O. The maximum Gasteiger partial charge on any atom is 0.237 e. The lowest BCUT2D eigenvalue weighted by Crippen LogP contribution is -2.40. The van der Waals surface area contributed by atoms with Crippen LogP contribution < -0.4 is 11.1 Å². The third-order valence-electron chi connectivity index (χ3n) is 2.39. The van der Waals surface area contributed by atoms with Crippen LogP contribution in [0.5, 0.6) is 0 Å². The van der Waals surface area contributed by atoms with Crippen LogP contribution >= 0.6 is 11.6 Å². The standard InChI is InChI=1S/C12H17ClN2O/c1-3-11(15-12(16)8(2)14)9-5-4-6-10(13)7-9/h4-8,11H,3,14H2,1-2H3,(H,15,16). The van der Waals surface area contributed by atoms with E-state index >= 15 is 0 Å². The monoisotopic (exact) mass is 240 g/mol. The maximum absolute atomic E-state index is 11.5.